The van der Waals surface area contributed by atoms with E-state index in [0.29, 0.717) is 6.42 Å². The van der Waals surface area contributed by atoms with Gasteiger partial charge in [0.05, 0.1) is 19.6 Å². The molecule has 0 spiro atoms. The molecule has 0 fully saturated rings. The lowest BCUT2D eigenvalue weighted by molar-refractivity contribution is 0.411. The van der Waals surface area contributed by atoms with Crippen molar-refractivity contribution in [3.8, 4) is 11.8 Å². The maximum Gasteiger partial charge on any atom is 0.122 e. The second-order valence-electron chi connectivity index (χ2n) is 3.65. The summed E-state index contributed by atoms with van der Waals surface area (Å²) in [6, 6.07) is 5.83. The maximum absolute atomic E-state index is 8.60. The molecule has 0 aromatic heterocycles. The van der Waals surface area contributed by atoms with Gasteiger partial charge >= 0.3 is 0 Å². The fourth-order valence-electron chi connectivity index (χ4n) is 1.64. The molecule has 0 aliphatic rings. The van der Waals surface area contributed by atoms with Crippen molar-refractivity contribution in [2.24, 2.45) is 5.73 Å². The van der Waals surface area contributed by atoms with Crippen molar-refractivity contribution in [3.05, 3.63) is 28.8 Å². The van der Waals surface area contributed by atoms with Crippen LogP contribution in [0.4, 0.5) is 0 Å². The topological polar surface area (TPSA) is 59.0 Å². The van der Waals surface area contributed by atoms with E-state index in [-0.39, 0.29) is 6.04 Å². The Bertz CT molecular complexity index is 393. The van der Waals surface area contributed by atoms with E-state index >= 15 is 0 Å². The van der Waals surface area contributed by atoms with Crippen LogP contribution >= 0.6 is 0 Å². The minimum Gasteiger partial charge on any atom is -0.496 e. The Morgan fingerprint density at radius 3 is 2.60 bits per heavy atom. The summed E-state index contributed by atoms with van der Waals surface area (Å²) in [5, 5.41) is 8.60. The lowest BCUT2D eigenvalue weighted by Gasteiger charge is -2.14. The Labute approximate surface area is 90.5 Å². The van der Waals surface area contributed by atoms with Gasteiger partial charge in [-0.1, -0.05) is 6.07 Å². The zero-order chi connectivity index (χ0) is 11.4. The van der Waals surface area contributed by atoms with Crippen LogP contribution in [-0.2, 0) is 0 Å². The van der Waals surface area contributed by atoms with E-state index in [1.165, 1.54) is 0 Å². The Morgan fingerprint density at radius 1 is 1.40 bits per heavy atom. The average molecular weight is 204 g/mol. The number of nitrogens with two attached hydrogens (primary N) is 1. The number of methoxy groups -OCH3 is 1. The van der Waals surface area contributed by atoms with E-state index in [1.54, 1.807) is 7.11 Å². The lowest BCUT2D eigenvalue weighted by Crippen LogP contribution is -2.11. The number of rotatable bonds is 3. The first-order valence-electron chi connectivity index (χ1n) is 4.87. The number of benzene rings is 1. The first-order chi connectivity index (χ1) is 7.10. The van der Waals surface area contributed by atoms with Crippen molar-refractivity contribution in [1.82, 2.24) is 0 Å². The monoisotopic (exact) mass is 204 g/mol. The molecule has 0 saturated heterocycles. The highest BCUT2D eigenvalue weighted by Gasteiger charge is 2.11. The molecule has 1 aromatic carbocycles. The van der Waals surface area contributed by atoms with Crippen molar-refractivity contribution in [2.75, 3.05) is 7.11 Å². The molecule has 1 aromatic rings. The summed E-state index contributed by atoms with van der Waals surface area (Å²) in [6.07, 6.45) is 0.340. The first-order valence-corrected chi connectivity index (χ1v) is 4.87. The fourth-order valence-corrected chi connectivity index (χ4v) is 1.64. The van der Waals surface area contributed by atoms with E-state index in [9.17, 15) is 0 Å². The molecule has 1 unspecified atom stereocenters. The standard InChI is InChI=1S/C12H16N2O/c1-8-7-12(15-3)9(2)6-10(8)11(14)4-5-13/h6-7,11H,4,14H2,1-3H3. The SMILES string of the molecule is COc1cc(C)c(C(N)CC#N)cc1C. The van der Waals surface area contributed by atoms with Crippen LogP contribution in [0.5, 0.6) is 5.75 Å². The van der Waals surface area contributed by atoms with E-state index in [4.69, 9.17) is 15.7 Å². The molecule has 0 heterocycles. The van der Waals surface area contributed by atoms with Crippen LogP contribution in [0.25, 0.3) is 0 Å². The predicted octanol–water partition coefficient (Wildman–Crippen LogP) is 2.23. The van der Waals surface area contributed by atoms with Gasteiger partial charge in [-0.2, -0.15) is 5.26 Å². The largest absolute Gasteiger partial charge is 0.496 e. The molecular weight excluding hydrogens is 188 g/mol. The highest BCUT2D eigenvalue weighted by Crippen LogP contribution is 2.26. The highest BCUT2D eigenvalue weighted by molar-refractivity contribution is 5.42. The zero-order valence-electron chi connectivity index (χ0n) is 9.37. The van der Waals surface area contributed by atoms with Gasteiger partial charge in [-0.25, -0.2) is 0 Å². The fraction of sp³-hybridized carbons (Fsp3) is 0.417. The van der Waals surface area contributed by atoms with Crippen LogP contribution in [0, 0.1) is 25.2 Å². The Morgan fingerprint density at radius 2 is 2.07 bits per heavy atom. The van der Waals surface area contributed by atoms with Crippen LogP contribution in [0.15, 0.2) is 12.1 Å². The van der Waals surface area contributed by atoms with E-state index in [1.807, 2.05) is 26.0 Å². The molecule has 0 aliphatic carbocycles. The minimum absolute atomic E-state index is 0.209. The minimum atomic E-state index is -0.209. The molecule has 0 radical (unpaired) electrons. The quantitative estimate of drug-likeness (QED) is 0.821. The highest BCUT2D eigenvalue weighted by atomic mass is 16.5. The Balaban J connectivity index is 3.11. The van der Waals surface area contributed by atoms with Gasteiger partial charge in [0.15, 0.2) is 0 Å². The van der Waals surface area contributed by atoms with Gasteiger partial charge in [0.1, 0.15) is 5.75 Å². The van der Waals surface area contributed by atoms with Gasteiger partial charge in [-0.05, 0) is 36.6 Å². The molecule has 3 heteroatoms. The number of aryl methyl sites for hydroxylation is 2. The van der Waals surface area contributed by atoms with Crippen molar-refractivity contribution < 1.29 is 4.74 Å². The summed E-state index contributed by atoms with van der Waals surface area (Å²) in [7, 11) is 1.65. The average Bonchev–Trinajstić information content (AvgIpc) is 2.21. The predicted molar refractivity (Wildman–Crippen MR) is 59.6 cm³/mol. The lowest BCUT2D eigenvalue weighted by atomic mass is 9.97. The maximum atomic E-state index is 8.60. The molecule has 2 N–H and O–H groups in total. The molecule has 3 nitrogen and oxygen atoms in total. The molecular formula is C12H16N2O. The van der Waals surface area contributed by atoms with Crippen molar-refractivity contribution in [1.29, 1.82) is 5.26 Å². The second-order valence-corrected chi connectivity index (χ2v) is 3.65. The van der Waals surface area contributed by atoms with Gasteiger partial charge in [0.2, 0.25) is 0 Å². The van der Waals surface area contributed by atoms with Gasteiger partial charge < -0.3 is 10.5 Å². The zero-order valence-corrected chi connectivity index (χ0v) is 9.37. The molecule has 80 valence electrons. The first kappa shape index (κ1) is 11.5. The van der Waals surface area contributed by atoms with Crippen LogP contribution in [0.1, 0.15) is 29.2 Å². The number of ether oxygens (including phenoxy) is 1. The van der Waals surface area contributed by atoms with Gasteiger partial charge in [0.25, 0.3) is 0 Å². The Kier molecular flexibility index (Phi) is 3.70. The number of hydrogen-bond donors (Lipinski definition) is 1. The molecule has 15 heavy (non-hydrogen) atoms. The molecule has 0 amide bonds. The molecule has 1 atom stereocenters. The van der Waals surface area contributed by atoms with E-state index in [2.05, 4.69) is 6.07 Å². The van der Waals surface area contributed by atoms with Crippen LogP contribution in [-0.4, -0.2) is 7.11 Å². The third-order valence-electron chi connectivity index (χ3n) is 2.49. The molecule has 1 rings (SSSR count). The molecule has 0 aliphatic heterocycles. The van der Waals surface area contributed by atoms with Gasteiger partial charge in [0, 0.05) is 6.04 Å². The van der Waals surface area contributed by atoms with Crippen molar-refractivity contribution in [3.63, 3.8) is 0 Å². The number of hydrogen-bond acceptors (Lipinski definition) is 3. The number of nitrogens with zero attached hydrogens (tertiary/aromatic N) is 1. The van der Waals surface area contributed by atoms with Crippen LogP contribution in [0.2, 0.25) is 0 Å². The summed E-state index contributed by atoms with van der Waals surface area (Å²) >= 11 is 0. The van der Waals surface area contributed by atoms with Crippen molar-refractivity contribution in [2.45, 2.75) is 26.3 Å². The summed E-state index contributed by atoms with van der Waals surface area (Å²) in [4.78, 5) is 0. The summed E-state index contributed by atoms with van der Waals surface area (Å²) < 4.78 is 5.21. The van der Waals surface area contributed by atoms with Crippen LogP contribution < -0.4 is 10.5 Å². The van der Waals surface area contributed by atoms with Gasteiger partial charge in [-0.3, -0.25) is 0 Å². The van der Waals surface area contributed by atoms with Gasteiger partial charge in [-0.15, -0.1) is 0 Å². The summed E-state index contributed by atoms with van der Waals surface area (Å²) in [6.45, 7) is 3.95. The molecule has 0 saturated carbocycles. The molecule has 0 bridgehead atoms. The summed E-state index contributed by atoms with van der Waals surface area (Å²) in [5.74, 6) is 0.861. The van der Waals surface area contributed by atoms with Crippen molar-refractivity contribution >= 4 is 0 Å². The smallest absolute Gasteiger partial charge is 0.122 e. The normalized spacial score (nSPS) is 11.9. The number of nitriles is 1. The summed E-state index contributed by atoms with van der Waals surface area (Å²) in [5.41, 5.74) is 9.04. The second kappa shape index (κ2) is 4.81. The Hall–Kier alpha value is -1.53. The van der Waals surface area contributed by atoms with E-state index < -0.39 is 0 Å². The third-order valence-corrected chi connectivity index (χ3v) is 2.49. The third kappa shape index (κ3) is 2.48. The van der Waals surface area contributed by atoms with E-state index in [0.717, 1.165) is 22.4 Å². The van der Waals surface area contributed by atoms with Crippen LogP contribution in [0.3, 0.4) is 0 Å².